The third kappa shape index (κ3) is 3.81. The number of sulfone groups is 2. The fourth-order valence-corrected chi connectivity index (χ4v) is 7.26. The van der Waals surface area contributed by atoms with Crippen molar-refractivity contribution in [2.45, 2.75) is 23.5 Å². The van der Waals surface area contributed by atoms with Gasteiger partial charge in [0, 0.05) is 11.3 Å². The molecule has 6 nitrogen and oxygen atoms in total. The van der Waals surface area contributed by atoms with Gasteiger partial charge in [0.05, 0.1) is 21.7 Å². The lowest BCUT2D eigenvalue weighted by atomic mass is 10.1. The Morgan fingerprint density at radius 2 is 1.73 bits per heavy atom. The first-order valence-electron chi connectivity index (χ1n) is 8.10. The maximum Gasteiger partial charge on any atom is 0.255 e. The smallest absolute Gasteiger partial charge is 0.255 e. The van der Waals surface area contributed by atoms with Crippen LogP contribution in [0.1, 0.15) is 22.3 Å². The predicted octanol–water partition coefficient (Wildman–Crippen LogP) is 2.21. The van der Waals surface area contributed by atoms with E-state index in [2.05, 4.69) is 5.32 Å². The fraction of sp³-hybridized carbons (Fsp3) is 0.278. The van der Waals surface area contributed by atoms with Crippen LogP contribution in [0.25, 0.3) is 0 Å². The first-order valence-corrected chi connectivity index (χ1v) is 11.5. The van der Waals surface area contributed by atoms with Crippen LogP contribution in [0, 0.1) is 6.92 Å². The van der Waals surface area contributed by atoms with E-state index in [0.717, 1.165) is 5.56 Å². The van der Waals surface area contributed by atoms with Crippen molar-refractivity contribution in [3.8, 4) is 0 Å². The highest BCUT2D eigenvalue weighted by atomic mass is 32.2. The molecule has 2 aromatic carbocycles. The van der Waals surface area contributed by atoms with Crippen molar-refractivity contribution >= 4 is 31.3 Å². The van der Waals surface area contributed by atoms with Gasteiger partial charge in [-0.1, -0.05) is 18.2 Å². The number of benzene rings is 2. The van der Waals surface area contributed by atoms with Crippen molar-refractivity contribution < 1.29 is 21.6 Å². The summed E-state index contributed by atoms with van der Waals surface area (Å²) in [6.07, 6.45) is 0.111. The highest BCUT2D eigenvalue weighted by Gasteiger charge is 2.37. The van der Waals surface area contributed by atoms with Gasteiger partial charge < -0.3 is 5.32 Å². The summed E-state index contributed by atoms with van der Waals surface area (Å²) >= 11 is 0. The van der Waals surface area contributed by atoms with E-state index in [9.17, 15) is 21.6 Å². The van der Waals surface area contributed by atoms with Crippen molar-refractivity contribution in [3.63, 3.8) is 0 Å². The normalized spacial score (nSPS) is 19.2. The fourth-order valence-electron chi connectivity index (χ4n) is 2.90. The van der Waals surface area contributed by atoms with Gasteiger partial charge in [0.15, 0.2) is 19.7 Å². The van der Waals surface area contributed by atoms with Crippen LogP contribution in [0.2, 0.25) is 0 Å². The van der Waals surface area contributed by atoms with Gasteiger partial charge in [-0.15, -0.1) is 0 Å². The van der Waals surface area contributed by atoms with E-state index < -0.39 is 24.9 Å². The molecule has 0 saturated carbocycles. The summed E-state index contributed by atoms with van der Waals surface area (Å²) in [5, 5.41) is 1.87. The Morgan fingerprint density at radius 3 is 2.31 bits per heavy atom. The Balaban J connectivity index is 1.78. The Labute approximate surface area is 153 Å². The molecular formula is C18H19NO5S2. The second-order valence-electron chi connectivity index (χ2n) is 6.36. The molecule has 1 aliphatic rings. The summed E-state index contributed by atoms with van der Waals surface area (Å²) in [5.74, 6) is -0.787. The van der Waals surface area contributed by atoms with Crippen molar-refractivity contribution in [2.75, 3.05) is 16.8 Å². The van der Waals surface area contributed by atoms with Gasteiger partial charge >= 0.3 is 0 Å². The quantitative estimate of drug-likeness (QED) is 0.859. The summed E-state index contributed by atoms with van der Waals surface area (Å²) in [4.78, 5) is 12.4. The molecule has 1 aliphatic heterocycles. The van der Waals surface area contributed by atoms with Crippen LogP contribution in [0.5, 0.6) is 0 Å². The molecule has 1 amide bonds. The number of amides is 1. The van der Waals surface area contributed by atoms with Gasteiger partial charge in [-0.05, 0) is 49.2 Å². The van der Waals surface area contributed by atoms with Crippen LogP contribution >= 0.6 is 0 Å². The van der Waals surface area contributed by atoms with E-state index in [1.165, 1.54) is 24.3 Å². The molecule has 2 aromatic rings. The van der Waals surface area contributed by atoms with Crippen LogP contribution in [-0.4, -0.2) is 39.5 Å². The minimum absolute atomic E-state index is 0.0343. The first-order chi connectivity index (χ1) is 12.2. The molecule has 1 unspecified atom stereocenters. The number of aryl methyl sites for hydroxylation is 1. The average molecular weight is 393 g/mol. The molecule has 138 valence electrons. The average Bonchev–Trinajstić information content (AvgIpc) is 2.98. The van der Waals surface area contributed by atoms with Gasteiger partial charge in [0.1, 0.15) is 0 Å². The molecule has 1 saturated heterocycles. The van der Waals surface area contributed by atoms with Gasteiger partial charge in [-0.3, -0.25) is 4.79 Å². The second-order valence-corrected chi connectivity index (χ2v) is 10.8. The standard InChI is InChI=1S/C18H19NO5S2/c1-13-4-2-3-5-17(13)19-18(20)14-6-8-15(9-7-14)26(23,24)16-10-11-25(21,22)12-16/h2-9,16H,10-12H2,1H3,(H,19,20). The van der Waals surface area contributed by atoms with Crippen LogP contribution < -0.4 is 5.32 Å². The van der Waals surface area contributed by atoms with Gasteiger partial charge in [0.2, 0.25) is 0 Å². The number of rotatable bonds is 4. The van der Waals surface area contributed by atoms with Crippen molar-refractivity contribution in [1.82, 2.24) is 0 Å². The maximum absolute atomic E-state index is 12.6. The summed E-state index contributed by atoms with van der Waals surface area (Å²) in [5.41, 5.74) is 1.93. The summed E-state index contributed by atoms with van der Waals surface area (Å²) in [6.45, 7) is 1.88. The van der Waals surface area contributed by atoms with Crippen LogP contribution in [-0.2, 0) is 19.7 Å². The minimum Gasteiger partial charge on any atom is -0.322 e. The zero-order valence-corrected chi connectivity index (χ0v) is 15.8. The summed E-state index contributed by atoms with van der Waals surface area (Å²) < 4.78 is 48.2. The molecule has 1 fully saturated rings. The molecule has 8 heteroatoms. The third-order valence-electron chi connectivity index (χ3n) is 4.47. The Morgan fingerprint density at radius 1 is 1.08 bits per heavy atom. The number of carbonyl (C=O) groups excluding carboxylic acids is 1. The number of hydrogen-bond acceptors (Lipinski definition) is 5. The Hall–Kier alpha value is -2.19. The molecule has 26 heavy (non-hydrogen) atoms. The minimum atomic E-state index is -3.73. The van der Waals surface area contributed by atoms with Crippen molar-refractivity contribution in [2.24, 2.45) is 0 Å². The van der Waals surface area contributed by atoms with E-state index in [-0.39, 0.29) is 28.7 Å². The Bertz CT molecular complexity index is 1040. The number of carbonyl (C=O) groups is 1. The molecular weight excluding hydrogens is 374 g/mol. The first kappa shape index (κ1) is 18.6. The SMILES string of the molecule is Cc1ccccc1NC(=O)c1ccc(S(=O)(=O)C2CCS(=O)(=O)C2)cc1. The van der Waals surface area contributed by atoms with Crippen LogP contribution in [0.15, 0.2) is 53.4 Å². The van der Waals surface area contributed by atoms with Gasteiger partial charge in [-0.2, -0.15) is 0 Å². The lowest BCUT2D eigenvalue weighted by Gasteiger charge is -2.11. The topological polar surface area (TPSA) is 97.4 Å². The molecule has 0 radical (unpaired) electrons. The zero-order chi connectivity index (χ0) is 18.9. The summed E-state index contributed by atoms with van der Waals surface area (Å²) in [7, 11) is -7.02. The third-order valence-corrected chi connectivity index (χ3v) is 8.66. The number of para-hydroxylation sites is 1. The number of anilines is 1. The van der Waals surface area contributed by atoms with E-state index in [0.29, 0.717) is 11.3 Å². The molecule has 3 rings (SSSR count). The Kier molecular flexibility index (Phi) is 4.90. The maximum atomic E-state index is 12.6. The second kappa shape index (κ2) is 6.85. The molecule has 0 aliphatic carbocycles. The monoisotopic (exact) mass is 393 g/mol. The lowest BCUT2D eigenvalue weighted by Crippen LogP contribution is -2.23. The molecule has 1 heterocycles. The molecule has 0 bridgehead atoms. The molecule has 1 atom stereocenters. The largest absolute Gasteiger partial charge is 0.322 e. The molecule has 1 N–H and O–H groups in total. The van der Waals surface area contributed by atoms with E-state index >= 15 is 0 Å². The highest BCUT2D eigenvalue weighted by Crippen LogP contribution is 2.25. The van der Waals surface area contributed by atoms with Gasteiger partial charge in [0.25, 0.3) is 5.91 Å². The number of hydrogen-bond donors (Lipinski definition) is 1. The van der Waals surface area contributed by atoms with Crippen LogP contribution in [0.4, 0.5) is 5.69 Å². The van der Waals surface area contributed by atoms with E-state index in [1.807, 2.05) is 25.1 Å². The van der Waals surface area contributed by atoms with Crippen molar-refractivity contribution in [3.05, 3.63) is 59.7 Å². The predicted molar refractivity (Wildman–Crippen MR) is 99.8 cm³/mol. The summed E-state index contributed by atoms with van der Waals surface area (Å²) in [6, 6.07) is 12.9. The van der Waals surface area contributed by atoms with Crippen molar-refractivity contribution in [1.29, 1.82) is 0 Å². The highest BCUT2D eigenvalue weighted by molar-refractivity contribution is 7.96. The lowest BCUT2D eigenvalue weighted by molar-refractivity contribution is 0.102. The van der Waals surface area contributed by atoms with Crippen LogP contribution in [0.3, 0.4) is 0 Å². The molecule has 0 spiro atoms. The van der Waals surface area contributed by atoms with Gasteiger partial charge in [-0.25, -0.2) is 16.8 Å². The number of nitrogens with one attached hydrogen (secondary N) is 1. The van der Waals surface area contributed by atoms with E-state index in [4.69, 9.17) is 0 Å². The molecule has 0 aromatic heterocycles. The zero-order valence-electron chi connectivity index (χ0n) is 14.2. The van der Waals surface area contributed by atoms with E-state index in [1.54, 1.807) is 6.07 Å².